The summed E-state index contributed by atoms with van der Waals surface area (Å²) in [4.78, 5) is 14.9. The molecule has 9 aromatic rings. The first-order valence-corrected chi connectivity index (χ1v) is 22.0. The standard InChI is InChI=1S/C59H50N4/c1-58(2,3)47-33-35-53-50(37-47)51-38-48(59(4,5)6)34-36-54(51)63(53)52-20-14-13-19-49(52)43-27-21-41(22-28-43)42-25-31-46(32-26-42)57-61-55(44-17-11-8-12-18-44)60-56(62-57)45-29-23-40(24-30-45)39-15-9-7-10-16-39/h7-21,23-27,29-33,35,37-38H,34,36H2,1-6H3. The van der Waals surface area contributed by atoms with Gasteiger partial charge in [0.05, 0.1) is 11.2 Å². The minimum Gasteiger partial charge on any atom is -0.312 e. The molecule has 0 bridgehead atoms. The second-order valence-electron chi connectivity index (χ2n) is 18.7. The zero-order valence-corrected chi connectivity index (χ0v) is 36.9. The van der Waals surface area contributed by atoms with Crippen molar-refractivity contribution in [1.29, 1.82) is 0 Å². The van der Waals surface area contributed by atoms with Crippen LogP contribution in [0.4, 0.5) is 0 Å². The van der Waals surface area contributed by atoms with Crippen LogP contribution < -0.4 is 0 Å². The Morgan fingerprint density at radius 1 is 0.460 bits per heavy atom. The van der Waals surface area contributed by atoms with Crippen molar-refractivity contribution < 1.29 is 0 Å². The van der Waals surface area contributed by atoms with E-state index in [-0.39, 0.29) is 10.8 Å². The van der Waals surface area contributed by atoms with Crippen molar-refractivity contribution in [3.63, 3.8) is 0 Å². The van der Waals surface area contributed by atoms with Gasteiger partial charge in [-0.1, -0.05) is 199 Å². The van der Waals surface area contributed by atoms with Crippen LogP contribution in [0.2, 0.25) is 0 Å². The van der Waals surface area contributed by atoms with E-state index < -0.39 is 0 Å². The maximum absolute atomic E-state index is 5.01. The molecule has 2 aromatic heterocycles. The second-order valence-corrected chi connectivity index (χ2v) is 18.7. The molecular weight excluding hydrogens is 765 g/mol. The van der Waals surface area contributed by atoms with Crippen LogP contribution in [-0.2, 0) is 11.8 Å². The van der Waals surface area contributed by atoms with Crippen molar-refractivity contribution in [2.24, 2.45) is 5.41 Å². The van der Waals surface area contributed by atoms with E-state index in [0.29, 0.717) is 17.5 Å². The van der Waals surface area contributed by atoms with Crippen molar-refractivity contribution in [3.05, 3.63) is 198 Å². The van der Waals surface area contributed by atoms with Gasteiger partial charge < -0.3 is 4.57 Å². The summed E-state index contributed by atoms with van der Waals surface area (Å²) in [6, 6.07) is 64.6. The Kier molecular flexibility index (Phi) is 10.00. The Labute approximate surface area is 371 Å². The lowest BCUT2D eigenvalue weighted by Crippen LogP contribution is -2.14. The Balaban J connectivity index is 0.977. The summed E-state index contributed by atoms with van der Waals surface area (Å²) >= 11 is 0. The lowest BCUT2D eigenvalue weighted by molar-refractivity contribution is 0.483. The zero-order valence-electron chi connectivity index (χ0n) is 36.9. The minimum atomic E-state index is 0.0536. The zero-order chi connectivity index (χ0) is 43.3. The molecule has 1 aliphatic carbocycles. The van der Waals surface area contributed by atoms with Gasteiger partial charge in [0.15, 0.2) is 17.5 Å². The smallest absolute Gasteiger partial charge is 0.164 e. The summed E-state index contributed by atoms with van der Waals surface area (Å²) in [5.41, 5.74) is 17.5. The largest absolute Gasteiger partial charge is 0.312 e. The van der Waals surface area contributed by atoms with Crippen molar-refractivity contribution in [2.75, 3.05) is 0 Å². The van der Waals surface area contributed by atoms with Crippen molar-refractivity contribution in [3.8, 4) is 73.2 Å². The number of aromatic nitrogens is 4. The van der Waals surface area contributed by atoms with Crippen LogP contribution in [0.5, 0.6) is 0 Å². The van der Waals surface area contributed by atoms with E-state index in [1.807, 2.05) is 36.4 Å². The predicted octanol–water partition coefficient (Wildman–Crippen LogP) is 15.1. The van der Waals surface area contributed by atoms with Crippen LogP contribution in [0.25, 0.3) is 90.2 Å². The summed E-state index contributed by atoms with van der Waals surface area (Å²) in [5, 5.41) is 1.32. The topological polar surface area (TPSA) is 43.6 Å². The average Bonchev–Trinajstić information content (AvgIpc) is 3.65. The first kappa shape index (κ1) is 39.8. The van der Waals surface area contributed by atoms with E-state index >= 15 is 0 Å². The Morgan fingerprint density at radius 2 is 0.968 bits per heavy atom. The monoisotopic (exact) mass is 814 g/mol. The van der Waals surface area contributed by atoms with Gasteiger partial charge in [-0.3, -0.25) is 0 Å². The number of para-hydroxylation sites is 1. The fraction of sp³-hybridized carbons (Fsp3) is 0.169. The molecule has 0 N–H and O–H groups in total. The molecule has 0 spiro atoms. The molecule has 0 amide bonds. The highest BCUT2D eigenvalue weighted by molar-refractivity contribution is 5.95. The van der Waals surface area contributed by atoms with E-state index in [1.165, 1.54) is 44.5 Å². The Bertz CT molecular complexity index is 3120. The van der Waals surface area contributed by atoms with E-state index in [4.69, 9.17) is 15.0 Å². The summed E-state index contributed by atoms with van der Waals surface area (Å²) in [6.07, 6.45) is 4.54. The number of fused-ring (bicyclic) bond motifs is 3. The third-order valence-electron chi connectivity index (χ3n) is 12.4. The average molecular weight is 815 g/mol. The lowest BCUT2D eigenvalue weighted by Gasteiger charge is -2.27. The number of benzene rings is 6. The first-order chi connectivity index (χ1) is 30.5. The maximum atomic E-state index is 5.01. The fourth-order valence-electron chi connectivity index (χ4n) is 8.81. The van der Waals surface area contributed by atoms with Crippen LogP contribution in [-0.4, -0.2) is 19.5 Å². The molecule has 63 heavy (non-hydrogen) atoms. The van der Waals surface area contributed by atoms with Crippen molar-refractivity contribution in [2.45, 2.75) is 59.8 Å². The normalized spacial score (nSPS) is 12.8. The quantitative estimate of drug-likeness (QED) is 0.161. The molecule has 10 rings (SSSR count). The number of hydrogen-bond donors (Lipinski definition) is 0. The molecule has 7 aromatic carbocycles. The van der Waals surface area contributed by atoms with Crippen LogP contribution >= 0.6 is 0 Å². The molecule has 4 nitrogen and oxygen atoms in total. The molecule has 0 fully saturated rings. The Hall–Kier alpha value is -7.35. The molecule has 1 aliphatic rings. The van der Waals surface area contributed by atoms with Crippen molar-refractivity contribution >= 4 is 17.0 Å². The first-order valence-electron chi connectivity index (χ1n) is 22.0. The number of hydrogen-bond acceptors (Lipinski definition) is 3. The van der Waals surface area contributed by atoms with Gasteiger partial charge in [0.1, 0.15) is 0 Å². The molecule has 0 saturated carbocycles. The van der Waals surface area contributed by atoms with Crippen molar-refractivity contribution in [1.82, 2.24) is 19.5 Å². The van der Waals surface area contributed by atoms with Crippen LogP contribution in [0, 0.1) is 17.5 Å². The fourth-order valence-corrected chi connectivity index (χ4v) is 8.81. The van der Waals surface area contributed by atoms with Crippen LogP contribution in [0.3, 0.4) is 0 Å². The highest BCUT2D eigenvalue weighted by atomic mass is 15.0. The molecule has 0 atom stereocenters. The number of allylic oxidation sites excluding steroid dienone is 1. The molecular formula is C59H50N4. The molecule has 0 saturated heterocycles. The van der Waals surface area contributed by atoms with E-state index in [0.717, 1.165) is 57.3 Å². The molecule has 0 aliphatic heterocycles. The second kappa shape index (κ2) is 15.8. The predicted molar refractivity (Wildman–Crippen MR) is 261 cm³/mol. The van der Waals surface area contributed by atoms with Crippen LogP contribution in [0.1, 0.15) is 64.8 Å². The summed E-state index contributed by atoms with van der Waals surface area (Å²) in [6.45, 7) is 13.9. The summed E-state index contributed by atoms with van der Waals surface area (Å²) < 4.78 is 2.51. The third-order valence-corrected chi connectivity index (χ3v) is 12.4. The summed E-state index contributed by atoms with van der Waals surface area (Å²) in [5.74, 6) is 1.90. The van der Waals surface area contributed by atoms with Gasteiger partial charge in [-0.25, -0.2) is 15.0 Å². The van der Waals surface area contributed by atoms with Gasteiger partial charge in [0.2, 0.25) is 0 Å². The van der Waals surface area contributed by atoms with Gasteiger partial charge in [-0.15, -0.1) is 0 Å². The van der Waals surface area contributed by atoms with E-state index in [1.54, 1.807) is 0 Å². The van der Waals surface area contributed by atoms with Gasteiger partial charge in [-0.05, 0) is 76.3 Å². The maximum Gasteiger partial charge on any atom is 0.164 e. The van der Waals surface area contributed by atoms with Gasteiger partial charge in [-0.2, -0.15) is 0 Å². The molecule has 2 heterocycles. The Morgan fingerprint density at radius 3 is 1.56 bits per heavy atom. The highest BCUT2D eigenvalue weighted by Crippen LogP contribution is 2.43. The van der Waals surface area contributed by atoms with Gasteiger partial charge in [0, 0.05) is 50.0 Å². The molecule has 4 heteroatoms. The molecule has 0 unspecified atom stereocenters. The van der Waals surface area contributed by atoms with E-state index in [2.05, 4.69) is 192 Å². The van der Waals surface area contributed by atoms with Gasteiger partial charge >= 0.3 is 0 Å². The SMILES string of the molecule is CC(C)(C)C1=Cc2c(n(-c3ccccc3-c3c#cc(-c4ccc(-c5nc(-c6ccccc6)nc(-c6ccc(-c7ccccc7)cc6)n5)cc4)cc3)c3ccc(C(C)(C)C)cc23)CC1. The molecule has 0 radical (unpaired) electrons. The third kappa shape index (κ3) is 7.77. The molecule has 306 valence electrons. The van der Waals surface area contributed by atoms with E-state index in [9.17, 15) is 0 Å². The van der Waals surface area contributed by atoms with Crippen LogP contribution in [0.15, 0.2) is 169 Å². The highest BCUT2D eigenvalue weighted by Gasteiger charge is 2.28. The summed E-state index contributed by atoms with van der Waals surface area (Å²) in [7, 11) is 0. The lowest BCUT2D eigenvalue weighted by atomic mass is 9.79. The number of rotatable bonds is 7. The minimum absolute atomic E-state index is 0.0536. The van der Waals surface area contributed by atoms with Gasteiger partial charge in [0.25, 0.3) is 0 Å². The number of nitrogens with zero attached hydrogens (tertiary/aromatic N) is 4.